The molecule has 0 bridgehead atoms. The molecular formula is C16H17NO3. The maximum atomic E-state index is 10.9. The molecule has 4 nitrogen and oxygen atoms in total. The molecule has 0 radical (unpaired) electrons. The molecule has 3 N–H and O–H groups in total. The van der Waals surface area contributed by atoms with Gasteiger partial charge in [-0.05, 0) is 35.2 Å². The summed E-state index contributed by atoms with van der Waals surface area (Å²) in [6, 6.07) is 14.4. The van der Waals surface area contributed by atoms with Crippen molar-refractivity contribution in [2.24, 2.45) is 5.73 Å². The van der Waals surface area contributed by atoms with Gasteiger partial charge in [0.05, 0.1) is 7.11 Å². The van der Waals surface area contributed by atoms with Crippen LogP contribution in [0, 0.1) is 0 Å². The van der Waals surface area contributed by atoms with Crippen molar-refractivity contribution in [3.63, 3.8) is 0 Å². The second-order valence-electron chi connectivity index (χ2n) is 4.53. The zero-order valence-electron chi connectivity index (χ0n) is 11.2. The second kappa shape index (κ2) is 6.21. The second-order valence-corrected chi connectivity index (χ2v) is 4.53. The largest absolute Gasteiger partial charge is 0.497 e. The first-order valence-corrected chi connectivity index (χ1v) is 6.32. The lowest BCUT2D eigenvalue weighted by atomic mass is 9.95. The lowest BCUT2D eigenvalue weighted by Crippen LogP contribution is -2.32. The average Bonchev–Trinajstić information content (AvgIpc) is 2.48. The predicted octanol–water partition coefficient (Wildman–Crippen LogP) is 2.32. The van der Waals surface area contributed by atoms with Gasteiger partial charge in [0.25, 0.3) is 0 Å². The van der Waals surface area contributed by atoms with E-state index in [4.69, 9.17) is 15.6 Å². The Balaban J connectivity index is 2.33. The van der Waals surface area contributed by atoms with Gasteiger partial charge in [-0.2, -0.15) is 0 Å². The Morgan fingerprint density at radius 1 is 1.20 bits per heavy atom. The highest BCUT2D eigenvalue weighted by molar-refractivity contribution is 5.75. The summed E-state index contributed by atoms with van der Waals surface area (Å²) in [6.45, 7) is 0. The van der Waals surface area contributed by atoms with Gasteiger partial charge in [-0.1, -0.05) is 36.4 Å². The monoisotopic (exact) mass is 271 g/mol. The van der Waals surface area contributed by atoms with Gasteiger partial charge in [0.1, 0.15) is 11.8 Å². The average molecular weight is 271 g/mol. The van der Waals surface area contributed by atoms with Crippen molar-refractivity contribution in [3.05, 3.63) is 54.1 Å². The van der Waals surface area contributed by atoms with E-state index in [1.807, 2.05) is 48.5 Å². The van der Waals surface area contributed by atoms with E-state index >= 15 is 0 Å². The third-order valence-corrected chi connectivity index (χ3v) is 3.18. The van der Waals surface area contributed by atoms with Crippen LogP contribution in [0.2, 0.25) is 0 Å². The van der Waals surface area contributed by atoms with Crippen molar-refractivity contribution >= 4 is 5.97 Å². The maximum Gasteiger partial charge on any atom is 0.320 e. The molecule has 0 aliphatic carbocycles. The van der Waals surface area contributed by atoms with E-state index in [0.29, 0.717) is 6.42 Å². The Hall–Kier alpha value is -2.33. The molecule has 0 aliphatic heterocycles. The van der Waals surface area contributed by atoms with Gasteiger partial charge in [-0.3, -0.25) is 4.79 Å². The lowest BCUT2D eigenvalue weighted by molar-refractivity contribution is -0.138. The molecule has 20 heavy (non-hydrogen) atoms. The Kier molecular flexibility index (Phi) is 4.38. The Morgan fingerprint density at radius 3 is 2.45 bits per heavy atom. The summed E-state index contributed by atoms with van der Waals surface area (Å²) in [7, 11) is 1.62. The zero-order chi connectivity index (χ0) is 14.5. The van der Waals surface area contributed by atoms with Crippen molar-refractivity contribution in [1.82, 2.24) is 0 Å². The summed E-state index contributed by atoms with van der Waals surface area (Å²) >= 11 is 0. The van der Waals surface area contributed by atoms with Crippen LogP contribution in [0.15, 0.2) is 48.5 Å². The van der Waals surface area contributed by atoms with E-state index in [0.717, 1.165) is 22.4 Å². The number of methoxy groups -OCH3 is 1. The fourth-order valence-electron chi connectivity index (χ4n) is 2.07. The first-order chi connectivity index (χ1) is 9.61. The molecular weight excluding hydrogens is 254 g/mol. The number of nitrogens with two attached hydrogens (primary N) is 1. The van der Waals surface area contributed by atoms with E-state index < -0.39 is 12.0 Å². The summed E-state index contributed by atoms with van der Waals surface area (Å²) in [5.74, 6) is -0.206. The van der Waals surface area contributed by atoms with Crippen LogP contribution >= 0.6 is 0 Å². The highest BCUT2D eigenvalue weighted by atomic mass is 16.5. The fourth-order valence-corrected chi connectivity index (χ4v) is 2.07. The van der Waals surface area contributed by atoms with Crippen molar-refractivity contribution in [3.8, 4) is 16.9 Å². The van der Waals surface area contributed by atoms with E-state index in [-0.39, 0.29) is 0 Å². The number of carbonyl (C=O) groups is 1. The molecule has 0 saturated heterocycles. The van der Waals surface area contributed by atoms with Gasteiger partial charge in [0.2, 0.25) is 0 Å². The number of carboxylic acid groups (broad SMARTS) is 1. The number of hydrogen-bond acceptors (Lipinski definition) is 3. The molecule has 104 valence electrons. The van der Waals surface area contributed by atoms with E-state index in [9.17, 15) is 4.79 Å². The molecule has 2 aromatic carbocycles. The van der Waals surface area contributed by atoms with Gasteiger partial charge in [0.15, 0.2) is 0 Å². The molecule has 0 amide bonds. The van der Waals surface area contributed by atoms with Crippen LogP contribution in [0.1, 0.15) is 5.56 Å². The highest BCUT2D eigenvalue weighted by Crippen LogP contribution is 2.26. The van der Waals surface area contributed by atoms with Gasteiger partial charge >= 0.3 is 5.97 Å². The first kappa shape index (κ1) is 14.1. The summed E-state index contributed by atoms with van der Waals surface area (Å²) in [5, 5.41) is 8.93. The van der Waals surface area contributed by atoms with Crippen LogP contribution in [0.4, 0.5) is 0 Å². The molecule has 0 fully saturated rings. The van der Waals surface area contributed by atoms with Crippen molar-refractivity contribution in [1.29, 1.82) is 0 Å². The molecule has 0 aromatic heterocycles. The quantitative estimate of drug-likeness (QED) is 0.875. The van der Waals surface area contributed by atoms with Crippen LogP contribution in [0.25, 0.3) is 11.1 Å². The van der Waals surface area contributed by atoms with Crippen LogP contribution < -0.4 is 10.5 Å². The summed E-state index contributed by atoms with van der Waals surface area (Å²) in [6.07, 6.45) is 0.303. The number of benzene rings is 2. The topological polar surface area (TPSA) is 72.5 Å². The normalized spacial score (nSPS) is 11.9. The predicted molar refractivity (Wildman–Crippen MR) is 77.7 cm³/mol. The third kappa shape index (κ3) is 3.16. The maximum absolute atomic E-state index is 10.9. The molecule has 0 aliphatic rings. The van der Waals surface area contributed by atoms with Crippen LogP contribution in [0.5, 0.6) is 5.75 Å². The molecule has 0 heterocycles. The SMILES string of the molecule is COc1ccc(-c2ccccc2CC(N)C(=O)O)cc1. The molecule has 1 atom stereocenters. The summed E-state index contributed by atoms with van der Waals surface area (Å²) in [5.41, 5.74) is 8.55. The number of carboxylic acids is 1. The molecule has 4 heteroatoms. The number of hydrogen-bond donors (Lipinski definition) is 2. The van der Waals surface area contributed by atoms with E-state index in [2.05, 4.69) is 0 Å². The number of rotatable bonds is 5. The minimum Gasteiger partial charge on any atom is -0.497 e. The van der Waals surface area contributed by atoms with Crippen molar-refractivity contribution in [2.75, 3.05) is 7.11 Å². The van der Waals surface area contributed by atoms with Gasteiger partial charge in [-0.25, -0.2) is 0 Å². The minimum atomic E-state index is -0.991. The highest BCUT2D eigenvalue weighted by Gasteiger charge is 2.14. The van der Waals surface area contributed by atoms with Crippen molar-refractivity contribution in [2.45, 2.75) is 12.5 Å². The molecule has 2 aromatic rings. The number of aliphatic carboxylic acids is 1. The number of ether oxygens (including phenoxy) is 1. The molecule has 1 unspecified atom stereocenters. The molecule has 2 rings (SSSR count). The van der Waals surface area contributed by atoms with E-state index in [1.165, 1.54) is 0 Å². The van der Waals surface area contributed by atoms with Crippen LogP contribution in [0.3, 0.4) is 0 Å². The fraction of sp³-hybridized carbons (Fsp3) is 0.188. The molecule has 0 saturated carbocycles. The van der Waals surface area contributed by atoms with Crippen LogP contribution in [-0.4, -0.2) is 24.2 Å². The minimum absolute atomic E-state index is 0.303. The van der Waals surface area contributed by atoms with Gasteiger partial charge < -0.3 is 15.6 Å². The summed E-state index contributed by atoms with van der Waals surface area (Å²) in [4.78, 5) is 10.9. The molecule has 0 spiro atoms. The zero-order valence-corrected chi connectivity index (χ0v) is 11.2. The smallest absolute Gasteiger partial charge is 0.320 e. The Labute approximate surface area is 117 Å². The Morgan fingerprint density at radius 2 is 1.85 bits per heavy atom. The van der Waals surface area contributed by atoms with Gasteiger partial charge in [-0.15, -0.1) is 0 Å². The lowest BCUT2D eigenvalue weighted by Gasteiger charge is -2.12. The third-order valence-electron chi connectivity index (χ3n) is 3.18. The van der Waals surface area contributed by atoms with Crippen LogP contribution in [-0.2, 0) is 11.2 Å². The summed E-state index contributed by atoms with van der Waals surface area (Å²) < 4.78 is 5.13. The van der Waals surface area contributed by atoms with Crippen molar-refractivity contribution < 1.29 is 14.6 Å². The first-order valence-electron chi connectivity index (χ1n) is 6.32. The standard InChI is InChI=1S/C16H17NO3/c1-20-13-8-6-11(7-9-13)14-5-3-2-4-12(14)10-15(17)16(18)19/h2-9,15H,10,17H2,1H3,(H,18,19). The van der Waals surface area contributed by atoms with Gasteiger partial charge in [0, 0.05) is 0 Å². The Bertz CT molecular complexity index is 593. The van der Waals surface area contributed by atoms with E-state index in [1.54, 1.807) is 7.11 Å².